The first-order valence-corrected chi connectivity index (χ1v) is 9.94. The number of para-hydroxylation sites is 1. The number of benzene rings is 2. The number of amides is 2. The molecule has 0 spiro atoms. The topological polar surface area (TPSA) is 54.3 Å². The van der Waals surface area contributed by atoms with Crippen LogP contribution in [0.25, 0.3) is 10.9 Å². The van der Waals surface area contributed by atoms with Gasteiger partial charge >= 0.3 is 0 Å². The van der Waals surface area contributed by atoms with Crippen LogP contribution in [0.3, 0.4) is 0 Å². The second kappa shape index (κ2) is 8.47. The first-order chi connectivity index (χ1) is 14.1. The standard InChI is InChI=1S/C23H24FN3O2/c24-20-7-3-1-6-18(20)15-27-16-19(9-10-22(27)28)23(29)25-12-14-26-13-11-17-5-2-4-8-21(17)26/h1-8,11,13,19H,9-10,12,14-16H2,(H,25,29)/t19-/m0/s1. The number of carbonyl (C=O) groups excluding carboxylic acids is 2. The fourth-order valence-corrected chi connectivity index (χ4v) is 3.89. The number of rotatable bonds is 6. The summed E-state index contributed by atoms with van der Waals surface area (Å²) in [4.78, 5) is 26.5. The van der Waals surface area contributed by atoms with Crippen LogP contribution < -0.4 is 5.32 Å². The van der Waals surface area contributed by atoms with Gasteiger partial charge in [-0.1, -0.05) is 36.4 Å². The molecular formula is C23H24FN3O2. The van der Waals surface area contributed by atoms with Crippen LogP contribution in [-0.4, -0.2) is 34.4 Å². The Morgan fingerprint density at radius 3 is 2.76 bits per heavy atom. The second-order valence-corrected chi connectivity index (χ2v) is 7.46. The van der Waals surface area contributed by atoms with Crippen molar-refractivity contribution in [3.63, 3.8) is 0 Å². The highest BCUT2D eigenvalue weighted by Crippen LogP contribution is 2.21. The van der Waals surface area contributed by atoms with Gasteiger partial charge in [0, 0.05) is 49.9 Å². The summed E-state index contributed by atoms with van der Waals surface area (Å²) in [6.07, 6.45) is 2.87. The van der Waals surface area contributed by atoms with Gasteiger partial charge in [-0.05, 0) is 30.0 Å². The molecule has 0 aliphatic carbocycles. The Kier molecular flexibility index (Phi) is 5.60. The van der Waals surface area contributed by atoms with Crippen LogP contribution in [0.4, 0.5) is 4.39 Å². The van der Waals surface area contributed by atoms with Crippen molar-refractivity contribution in [1.82, 2.24) is 14.8 Å². The number of aromatic nitrogens is 1. The Balaban J connectivity index is 1.32. The van der Waals surface area contributed by atoms with Gasteiger partial charge in [-0.2, -0.15) is 0 Å². The van der Waals surface area contributed by atoms with Crippen molar-refractivity contribution in [3.05, 3.63) is 72.2 Å². The van der Waals surface area contributed by atoms with Crippen LogP contribution in [0, 0.1) is 11.7 Å². The van der Waals surface area contributed by atoms with E-state index in [9.17, 15) is 14.0 Å². The molecule has 2 heterocycles. The SMILES string of the molecule is O=C(NCCn1ccc2ccccc21)[C@H]1CCC(=O)N(Cc2ccccc2F)C1. The number of likely N-dealkylation sites (tertiary alicyclic amines) is 1. The number of piperidine rings is 1. The molecule has 2 aromatic carbocycles. The molecule has 1 fully saturated rings. The molecule has 1 aromatic heterocycles. The number of halogens is 1. The van der Waals surface area contributed by atoms with Crippen molar-refractivity contribution in [2.24, 2.45) is 5.92 Å². The highest BCUT2D eigenvalue weighted by molar-refractivity contribution is 5.84. The fraction of sp³-hybridized carbons (Fsp3) is 0.304. The van der Waals surface area contributed by atoms with Crippen LogP contribution in [0.1, 0.15) is 18.4 Å². The Labute approximate surface area is 169 Å². The molecule has 1 atom stereocenters. The van der Waals surface area contributed by atoms with Gasteiger partial charge in [-0.15, -0.1) is 0 Å². The summed E-state index contributed by atoms with van der Waals surface area (Å²) in [5, 5.41) is 4.17. The van der Waals surface area contributed by atoms with Crippen LogP contribution in [0.2, 0.25) is 0 Å². The molecule has 150 valence electrons. The lowest BCUT2D eigenvalue weighted by atomic mass is 9.96. The largest absolute Gasteiger partial charge is 0.354 e. The molecule has 4 rings (SSSR count). The molecule has 5 nitrogen and oxygen atoms in total. The Morgan fingerprint density at radius 2 is 1.90 bits per heavy atom. The Bertz CT molecular complexity index is 1030. The predicted octanol–water partition coefficient (Wildman–Crippen LogP) is 3.34. The molecule has 3 aromatic rings. The number of hydrogen-bond acceptors (Lipinski definition) is 2. The molecular weight excluding hydrogens is 369 g/mol. The van der Waals surface area contributed by atoms with E-state index in [-0.39, 0.29) is 30.1 Å². The number of hydrogen-bond donors (Lipinski definition) is 1. The lowest BCUT2D eigenvalue weighted by Crippen LogP contribution is -2.45. The van der Waals surface area contributed by atoms with Gasteiger partial charge in [0.25, 0.3) is 0 Å². The van der Waals surface area contributed by atoms with Crippen molar-refractivity contribution in [1.29, 1.82) is 0 Å². The lowest BCUT2D eigenvalue weighted by Gasteiger charge is -2.32. The zero-order chi connectivity index (χ0) is 20.2. The third kappa shape index (κ3) is 4.31. The Hall–Kier alpha value is -3.15. The van der Waals surface area contributed by atoms with Gasteiger partial charge in [0.2, 0.25) is 11.8 Å². The minimum atomic E-state index is -0.328. The molecule has 0 unspecified atom stereocenters. The van der Waals surface area contributed by atoms with Gasteiger partial charge in [0.05, 0.1) is 5.92 Å². The van der Waals surface area contributed by atoms with Gasteiger partial charge in [-0.3, -0.25) is 9.59 Å². The average molecular weight is 393 g/mol. The number of nitrogens with zero attached hydrogens (tertiary/aromatic N) is 2. The van der Waals surface area contributed by atoms with E-state index in [2.05, 4.69) is 28.1 Å². The maximum Gasteiger partial charge on any atom is 0.224 e. The minimum absolute atomic E-state index is 0.0314. The average Bonchev–Trinajstić information content (AvgIpc) is 3.14. The van der Waals surface area contributed by atoms with Crippen molar-refractivity contribution in [2.45, 2.75) is 25.9 Å². The van der Waals surface area contributed by atoms with Crippen LogP contribution in [0.15, 0.2) is 60.8 Å². The fourth-order valence-electron chi connectivity index (χ4n) is 3.89. The monoisotopic (exact) mass is 393 g/mol. The van der Waals surface area contributed by atoms with E-state index in [1.54, 1.807) is 23.1 Å². The van der Waals surface area contributed by atoms with E-state index in [0.29, 0.717) is 38.0 Å². The molecule has 1 N–H and O–H groups in total. The maximum atomic E-state index is 13.9. The molecule has 29 heavy (non-hydrogen) atoms. The van der Waals surface area contributed by atoms with E-state index in [1.165, 1.54) is 11.5 Å². The summed E-state index contributed by atoms with van der Waals surface area (Å²) >= 11 is 0. The second-order valence-electron chi connectivity index (χ2n) is 7.46. The molecule has 6 heteroatoms. The first-order valence-electron chi connectivity index (χ1n) is 9.94. The van der Waals surface area contributed by atoms with E-state index < -0.39 is 0 Å². The van der Waals surface area contributed by atoms with Crippen LogP contribution >= 0.6 is 0 Å². The third-order valence-electron chi connectivity index (χ3n) is 5.52. The minimum Gasteiger partial charge on any atom is -0.354 e. The van der Waals surface area contributed by atoms with Gasteiger partial charge in [0.15, 0.2) is 0 Å². The molecule has 1 saturated heterocycles. The smallest absolute Gasteiger partial charge is 0.224 e. The highest BCUT2D eigenvalue weighted by Gasteiger charge is 2.30. The van der Waals surface area contributed by atoms with Crippen molar-refractivity contribution in [2.75, 3.05) is 13.1 Å². The summed E-state index contributed by atoms with van der Waals surface area (Å²) in [5.41, 5.74) is 1.61. The van der Waals surface area contributed by atoms with E-state index in [4.69, 9.17) is 0 Å². The van der Waals surface area contributed by atoms with E-state index in [1.807, 2.05) is 18.3 Å². The maximum absolute atomic E-state index is 13.9. The van der Waals surface area contributed by atoms with Crippen molar-refractivity contribution >= 4 is 22.7 Å². The summed E-state index contributed by atoms with van der Waals surface area (Å²) in [6, 6.07) is 16.6. The third-order valence-corrected chi connectivity index (χ3v) is 5.52. The van der Waals surface area contributed by atoms with Crippen molar-refractivity contribution in [3.8, 4) is 0 Å². The zero-order valence-electron chi connectivity index (χ0n) is 16.2. The summed E-state index contributed by atoms with van der Waals surface area (Å²) in [5.74, 6) is -0.671. The van der Waals surface area contributed by atoms with E-state index >= 15 is 0 Å². The zero-order valence-corrected chi connectivity index (χ0v) is 16.2. The number of fused-ring (bicyclic) bond motifs is 1. The quantitative estimate of drug-likeness (QED) is 0.698. The summed E-state index contributed by atoms with van der Waals surface area (Å²) in [6.45, 7) is 1.73. The predicted molar refractivity (Wildman–Crippen MR) is 109 cm³/mol. The molecule has 0 radical (unpaired) electrons. The first kappa shape index (κ1) is 19.2. The highest BCUT2D eigenvalue weighted by atomic mass is 19.1. The molecule has 2 amide bonds. The van der Waals surface area contributed by atoms with Crippen LogP contribution in [-0.2, 0) is 22.7 Å². The van der Waals surface area contributed by atoms with Gasteiger partial charge in [0.1, 0.15) is 5.82 Å². The molecule has 1 aliphatic rings. The normalized spacial score (nSPS) is 16.9. The lowest BCUT2D eigenvalue weighted by molar-refractivity contribution is -0.138. The number of nitrogens with one attached hydrogen (secondary N) is 1. The van der Waals surface area contributed by atoms with Gasteiger partial charge in [-0.25, -0.2) is 4.39 Å². The number of carbonyl (C=O) groups is 2. The summed E-state index contributed by atoms with van der Waals surface area (Å²) < 4.78 is 16.0. The van der Waals surface area contributed by atoms with Crippen LogP contribution in [0.5, 0.6) is 0 Å². The summed E-state index contributed by atoms with van der Waals surface area (Å²) in [7, 11) is 0. The van der Waals surface area contributed by atoms with Gasteiger partial charge < -0.3 is 14.8 Å². The van der Waals surface area contributed by atoms with E-state index in [0.717, 1.165) is 5.52 Å². The molecule has 0 saturated carbocycles. The molecule has 0 bridgehead atoms. The van der Waals surface area contributed by atoms with Crippen molar-refractivity contribution < 1.29 is 14.0 Å². The Morgan fingerprint density at radius 1 is 1.10 bits per heavy atom. The molecule has 1 aliphatic heterocycles.